The van der Waals surface area contributed by atoms with Crippen molar-refractivity contribution in [3.8, 4) is 5.75 Å². The van der Waals surface area contributed by atoms with Crippen LogP contribution in [0.25, 0.3) is 0 Å². The molecule has 0 amide bonds. The molecule has 158 valence electrons. The molecule has 1 aromatic heterocycles. The molecular formula is C22H26N4O3S. The molecular weight excluding hydrogens is 400 g/mol. The fraction of sp³-hybridized carbons (Fsp3) is 0.273. The van der Waals surface area contributed by atoms with E-state index in [1.807, 2.05) is 49.1 Å². The number of hydrogen-bond donors (Lipinski definition) is 4. The minimum absolute atomic E-state index is 0.0897. The average molecular weight is 427 g/mol. The maximum Gasteiger partial charge on any atom is 0.271 e. The zero-order valence-corrected chi connectivity index (χ0v) is 17.8. The van der Waals surface area contributed by atoms with Crippen molar-refractivity contribution in [2.45, 2.75) is 26.3 Å². The molecule has 0 saturated heterocycles. The Kier molecular flexibility index (Phi) is 6.91. The summed E-state index contributed by atoms with van der Waals surface area (Å²) in [7, 11) is 0. The Morgan fingerprint density at radius 3 is 2.37 bits per heavy atom. The maximum atomic E-state index is 12.7. The van der Waals surface area contributed by atoms with E-state index in [2.05, 4.69) is 9.37 Å². The predicted molar refractivity (Wildman–Crippen MR) is 122 cm³/mol. The number of phenols is 1. The van der Waals surface area contributed by atoms with Gasteiger partial charge in [0, 0.05) is 11.4 Å². The SMILES string of the molecule is CC(C)CC(CO)N=C(N)c1c(N(c2ccccc2)c2ccc(O)cc2)s[nH]c1=O. The Morgan fingerprint density at radius 2 is 1.77 bits per heavy atom. The van der Waals surface area contributed by atoms with E-state index in [-0.39, 0.29) is 35.4 Å². The number of benzene rings is 2. The highest BCUT2D eigenvalue weighted by Gasteiger charge is 2.24. The number of hydrogen-bond acceptors (Lipinski definition) is 6. The fourth-order valence-electron chi connectivity index (χ4n) is 3.21. The van der Waals surface area contributed by atoms with Gasteiger partial charge in [0.15, 0.2) is 0 Å². The minimum Gasteiger partial charge on any atom is -0.508 e. The van der Waals surface area contributed by atoms with Crippen molar-refractivity contribution in [3.63, 3.8) is 0 Å². The van der Waals surface area contributed by atoms with Gasteiger partial charge in [0.05, 0.1) is 12.6 Å². The van der Waals surface area contributed by atoms with Gasteiger partial charge in [-0.15, -0.1) is 0 Å². The highest BCUT2D eigenvalue weighted by molar-refractivity contribution is 7.10. The summed E-state index contributed by atoms with van der Waals surface area (Å²) in [6, 6.07) is 15.9. The Labute approximate surface area is 179 Å². The average Bonchev–Trinajstić information content (AvgIpc) is 3.10. The number of aromatic amines is 1. The molecule has 0 bridgehead atoms. The van der Waals surface area contributed by atoms with Crippen LogP contribution in [0.1, 0.15) is 25.8 Å². The lowest BCUT2D eigenvalue weighted by molar-refractivity contribution is 0.251. The minimum atomic E-state index is -0.379. The highest BCUT2D eigenvalue weighted by Crippen LogP contribution is 2.38. The van der Waals surface area contributed by atoms with Crippen molar-refractivity contribution in [1.29, 1.82) is 0 Å². The molecule has 0 aliphatic rings. The van der Waals surface area contributed by atoms with E-state index in [9.17, 15) is 15.0 Å². The lowest BCUT2D eigenvalue weighted by atomic mass is 10.0. The number of para-hydroxylation sites is 1. The zero-order chi connectivity index (χ0) is 21.7. The highest BCUT2D eigenvalue weighted by atomic mass is 32.1. The summed E-state index contributed by atoms with van der Waals surface area (Å²) in [6.45, 7) is 3.94. The van der Waals surface area contributed by atoms with E-state index >= 15 is 0 Å². The number of anilines is 3. The molecule has 8 heteroatoms. The number of aromatic hydroxyl groups is 1. The number of aliphatic imine (C=N–C) groups is 1. The van der Waals surface area contributed by atoms with Crippen LogP contribution in [0.4, 0.5) is 16.4 Å². The molecule has 2 aromatic carbocycles. The summed E-state index contributed by atoms with van der Waals surface area (Å²) in [6.07, 6.45) is 0.662. The van der Waals surface area contributed by atoms with Crippen LogP contribution >= 0.6 is 11.5 Å². The number of H-pyrrole nitrogens is 1. The molecule has 0 aliphatic heterocycles. The molecule has 3 aromatic rings. The van der Waals surface area contributed by atoms with Crippen molar-refractivity contribution in [2.75, 3.05) is 11.5 Å². The molecule has 7 nitrogen and oxygen atoms in total. The van der Waals surface area contributed by atoms with E-state index in [1.165, 1.54) is 0 Å². The summed E-state index contributed by atoms with van der Waals surface area (Å²) in [5, 5.41) is 19.9. The molecule has 0 spiro atoms. The van der Waals surface area contributed by atoms with Gasteiger partial charge in [-0.2, -0.15) is 0 Å². The van der Waals surface area contributed by atoms with Crippen LogP contribution in [0.2, 0.25) is 0 Å². The van der Waals surface area contributed by atoms with E-state index in [0.717, 1.165) is 22.9 Å². The van der Waals surface area contributed by atoms with Crippen molar-refractivity contribution in [3.05, 3.63) is 70.5 Å². The quantitative estimate of drug-likeness (QED) is 0.324. The second-order valence-electron chi connectivity index (χ2n) is 7.38. The topological polar surface area (TPSA) is 115 Å². The number of nitrogens with zero attached hydrogens (tertiary/aromatic N) is 2. The summed E-state index contributed by atoms with van der Waals surface area (Å²) >= 11 is 1.16. The molecule has 0 radical (unpaired) electrons. The smallest absolute Gasteiger partial charge is 0.271 e. The van der Waals surface area contributed by atoms with Gasteiger partial charge in [-0.1, -0.05) is 32.0 Å². The van der Waals surface area contributed by atoms with Gasteiger partial charge in [-0.3, -0.25) is 19.1 Å². The number of amidine groups is 1. The zero-order valence-electron chi connectivity index (χ0n) is 16.9. The van der Waals surface area contributed by atoms with Gasteiger partial charge in [-0.05, 0) is 60.3 Å². The van der Waals surface area contributed by atoms with Crippen LogP contribution in [-0.4, -0.2) is 33.1 Å². The summed E-state index contributed by atoms with van der Waals surface area (Å²) in [5.74, 6) is 0.568. The third kappa shape index (κ3) is 4.90. The number of nitrogens with two attached hydrogens (primary N) is 1. The molecule has 0 aliphatic carbocycles. The molecule has 5 N–H and O–H groups in total. The second-order valence-corrected chi connectivity index (χ2v) is 8.18. The lowest BCUT2D eigenvalue weighted by Crippen LogP contribution is -2.27. The fourth-order valence-corrected chi connectivity index (χ4v) is 4.11. The standard InChI is InChI=1S/C22H26N4O3S/c1-14(2)12-15(13-27)24-20(23)19-21(29)25-30-22(19)26(16-6-4-3-5-7-16)17-8-10-18(28)11-9-17/h3-11,14-15,27-28H,12-13H2,1-2H3,(H2,23,24)(H,25,29). The third-order valence-electron chi connectivity index (χ3n) is 4.54. The maximum absolute atomic E-state index is 12.7. The molecule has 30 heavy (non-hydrogen) atoms. The number of aliphatic hydroxyl groups is 1. The number of aromatic nitrogens is 1. The molecule has 1 atom stereocenters. The van der Waals surface area contributed by atoms with E-state index in [4.69, 9.17) is 5.73 Å². The van der Waals surface area contributed by atoms with Crippen LogP contribution in [0.3, 0.4) is 0 Å². The van der Waals surface area contributed by atoms with Gasteiger partial charge in [0.2, 0.25) is 0 Å². The predicted octanol–water partition coefficient (Wildman–Crippen LogP) is 3.72. The first kappa shape index (κ1) is 21.6. The number of rotatable bonds is 8. The second kappa shape index (κ2) is 9.60. The van der Waals surface area contributed by atoms with E-state index in [1.54, 1.807) is 24.3 Å². The number of nitrogens with one attached hydrogen (secondary N) is 1. The van der Waals surface area contributed by atoms with Crippen LogP contribution < -0.4 is 16.2 Å². The molecule has 0 fully saturated rings. The van der Waals surface area contributed by atoms with Crippen LogP contribution in [0, 0.1) is 5.92 Å². The summed E-state index contributed by atoms with van der Waals surface area (Å²) in [5.41, 5.74) is 7.78. The van der Waals surface area contributed by atoms with Crippen LogP contribution in [0.15, 0.2) is 64.4 Å². The molecule has 0 saturated carbocycles. The van der Waals surface area contributed by atoms with Gasteiger partial charge < -0.3 is 15.9 Å². The van der Waals surface area contributed by atoms with Gasteiger partial charge >= 0.3 is 0 Å². The summed E-state index contributed by atoms with van der Waals surface area (Å²) < 4.78 is 2.75. The third-order valence-corrected chi connectivity index (χ3v) is 5.41. The largest absolute Gasteiger partial charge is 0.508 e. The van der Waals surface area contributed by atoms with Crippen molar-refractivity contribution in [1.82, 2.24) is 4.37 Å². The van der Waals surface area contributed by atoms with Crippen LogP contribution in [0.5, 0.6) is 5.75 Å². The van der Waals surface area contributed by atoms with Gasteiger partial charge in [0.25, 0.3) is 5.56 Å². The summed E-state index contributed by atoms with van der Waals surface area (Å²) in [4.78, 5) is 19.0. The van der Waals surface area contributed by atoms with Crippen molar-refractivity contribution < 1.29 is 10.2 Å². The molecule has 1 unspecified atom stereocenters. The molecule has 1 heterocycles. The Bertz CT molecular complexity index is 1040. The van der Waals surface area contributed by atoms with E-state index in [0.29, 0.717) is 17.3 Å². The Hall–Kier alpha value is -3.10. The van der Waals surface area contributed by atoms with Crippen molar-refractivity contribution in [2.24, 2.45) is 16.6 Å². The lowest BCUT2D eigenvalue weighted by Gasteiger charge is -2.24. The normalized spacial score (nSPS) is 12.9. The Morgan fingerprint density at radius 1 is 1.13 bits per heavy atom. The first-order valence-electron chi connectivity index (χ1n) is 9.71. The first-order chi connectivity index (χ1) is 14.4. The first-order valence-corrected chi connectivity index (χ1v) is 10.5. The number of aliphatic hydroxyl groups excluding tert-OH is 1. The van der Waals surface area contributed by atoms with E-state index < -0.39 is 0 Å². The van der Waals surface area contributed by atoms with Gasteiger partial charge in [-0.25, -0.2) is 0 Å². The monoisotopic (exact) mass is 426 g/mol. The van der Waals surface area contributed by atoms with Crippen LogP contribution in [-0.2, 0) is 0 Å². The van der Waals surface area contributed by atoms with Gasteiger partial charge in [0.1, 0.15) is 22.1 Å². The van der Waals surface area contributed by atoms with Crippen molar-refractivity contribution >= 4 is 33.7 Å². The number of phenolic OH excluding ortho intramolecular Hbond substituents is 1. The molecule has 3 rings (SSSR count). The Balaban J connectivity index is 2.12.